The van der Waals surface area contributed by atoms with Crippen LogP contribution in [0.4, 0.5) is 4.39 Å². The first kappa shape index (κ1) is 14.8. The molecule has 20 heavy (non-hydrogen) atoms. The van der Waals surface area contributed by atoms with Crippen LogP contribution in [0.15, 0.2) is 36.4 Å². The third-order valence-electron chi connectivity index (χ3n) is 2.88. The molecular weight excluding hydrogens is 277 g/mol. The Kier molecular flexibility index (Phi) is 4.99. The highest BCUT2D eigenvalue weighted by Crippen LogP contribution is 2.31. The maximum atomic E-state index is 13.7. The number of benzene rings is 2. The van der Waals surface area contributed by atoms with Crippen LogP contribution in [0.5, 0.6) is 11.5 Å². The van der Waals surface area contributed by atoms with Gasteiger partial charge in [-0.3, -0.25) is 0 Å². The van der Waals surface area contributed by atoms with Gasteiger partial charge in [0.15, 0.2) is 11.6 Å². The molecule has 0 radical (unpaired) electrons. The zero-order valence-electron chi connectivity index (χ0n) is 11.5. The average molecular weight is 294 g/mol. The molecule has 0 aliphatic rings. The molecule has 0 bridgehead atoms. The predicted octanol–water partition coefficient (Wildman–Crippen LogP) is 4.69. The van der Waals surface area contributed by atoms with E-state index in [9.17, 15) is 4.39 Å². The summed E-state index contributed by atoms with van der Waals surface area (Å²) in [5.41, 5.74) is 2.00. The quantitative estimate of drug-likeness (QED) is 0.863. The zero-order valence-corrected chi connectivity index (χ0v) is 12.3. The van der Waals surface area contributed by atoms with Gasteiger partial charge < -0.3 is 10.1 Å². The smallest absolute Gasteiger partial charge is 0.165 e. The van der Waals surface area contributed by atoms with E-state index < -0.39 is 5.82 Å². The van der Waals surface area contributed by atoms with Gasteiger partial charge in [-0.2, -0.15) is 0 Å². The van der Waals surface area contributed by atoms with Crippen molar-refractivity contribution in [3.05, 3.63) is 58.4 Å². The summed E-state index contributed by atoms with van der Waals surface area (Å²) in [6.07, 6.45) is 0. The Morgan fingerprint density at radius 2 is 1.95 bits per heavy atom. The fourth-order valence-electron chi connectivity index (χ4n) is 1.81. The van der Waals surface area contributed by atoms with Crippen molar-refractivity contribution in [1.29, 1.82) is 0 Å². The van der Waals surface area contributed by atoms with Crippen LogP contribution in [0.2, 0.25) is 5.02 Å². The Hall–Kier alpha value is -1.58. The fourth-order valence-corrected chi connectivity index (χ4v) is 2.06. The van der Waals surface area contributed by atoms with Gasteiger partial charge in [0.2, 0.25) is 0 Å². The van der Waals surface area contributed by atoms with Crippen LogP contribution >= 0.6 is 11.6 Å². The molecule has 0 amide bonds. The molecule has 1 N–H and O–H groups in total. The van der Waals surface area contributed by atoms with Crippen molar-refractivity contribution >= 4 is 11.6 Å². The standard InChI is InChI=1S/C16H17ClFNO/c1-3-19-10-12-5-7-15(13(17)9-12)20-16-8-11(2)4-6-14(16)18/h4-9,19H,3,10H2,1-2H3. The highest BCUT2D eigenvalue weighted by molar-refractivity contribution is 6.32. The Morgan fingerprint density at radius 1 is 1.15 bits per heavy atom. The van der Waals surface area contributed by atoms with E-state index in [0.717, 1.165) is 24.2 Å². The second kappa shape index (κ2) is 6.73. The summed E-state index contributed by atoms with van der Waals surface area (Å²) in [5, 5.41) is 3.69. The van der Waals surface area contributed by atoms with E-state index in [1.165, 1.54) is 6.07 Å². The van der Waals surface area contributed by atoms with Crippen LogP contribution in [0, 0.1) is 12.7 Å². The monoisotopic (exact) mass is 293 g/mol. The average Bonchev–Trinajstić information content (AvgIpc) is 2.43. The predicted molar refractivity (Wildman–Crippen MR) is 80.0 cm³/mol. The van der Waals surface area contributed by atoms with Crippen molar-refractivity contribution in [3.8, 4) is 11.5 Å². The minimum atomic E-state index is -0.400. The van der Waals surface area contributed by atoms with Gasteiger partial charge in [0.05, 0.1) is 5.02 Å². The van der Waals surface area contributed by atoms with Crippen LogP contribution in [0.25, 0.3) is 0 Å². The maximum absolute atomic E-state index is 13.7. The van der Waals surface area contributed by atoms with Crippen LogP contribution in [-0.4, -0.2) is 6.54 Å². The third kappa shape index (κ3) is 3.71. The molecule has 2 nitrogen and oxygen atoms in total. The summed E-state index contributed by atoms with van der Waals surface area (Å²) < 4.78 is 19.2. The fraction of sp³-hybridized carbons (Fsp3) is 0.250. The summed E-state index contributed by atoms with van der Waals surface area (Å²) in [6.45, 7) is 5.56. The van der Waals surface area contributed by atoms with Gasteiger partial charge in [-0.1, -0.05) is 30.7 Å². The summed E-state index contributed by atoms with van der Waals surface area (Å²) in [6, 6.07) is 10.2. The van der Waals surface area contributed by atoms with Crippen molar-refractivity contribution in [2.45, 2.75) is 20.4 Å². The lowest BCUT2D eigenvalue weighted by Crippen LogP contribution is -2.11. The molecule has 0 atom stereocenters. The summed E-state index contributed by atoms with van der Waals surface area (Å²) in [5.74, 6) is 0.242. The van der Waals surface area contributed by atoms with Crippen molar-refractivity contribution in [1.82, 2.24) is 5.32 Å². The second-order valence-corrected chi connectivity index (χ2v) is 4.99. The molecule has 0 aliphatic heterocycles. The van der Waals surface area contributed by atoms with Gasteiger partial charge in [-0.25, -0.2) is 4.39 Å². The molecule has 0 unspecified atom stereocenters. The number of rotatable bonds is 5. The highest BCUT2D eigenvalue weighted by Gasteiger charge is 2.08. The molecule has 4 heteroatoms. The summed E-state index contributed by atoms with van der Waals surface area (Å²) in [4.78, 5) is 0. The molecule has 0 aliphatic carbocycles. The molecule has 106 valence electrons. The van der Waals surface area contributed by atoms with Gasteiger partial charge in [-0.15, -0.1) is 0 Å². The first-order valence-corrected chi connectivity index (χ1v) is 6.91. The van der Waals surface area contributed by atoms with Gasteiger partial charge in [-0.05, 0) is 48.9 Å². The maximum Gasteiger partial charge on any atom is 0.165 e. The largest absolute Gasteiger partial charge is 0.453 e. The Balaban J connectivity index is 2.19. The van der Waals surface area contributed by atoms with E-state index in [-0.39, 0.29) is 5.75 Å². The first-order chi connectivity index (χ1) is 9.60. The van der Waals surface area contributed by atoms with Crippen LogP contribution in [0.1, 0.15) is 18.1 Å². The molecule has 0 spiro atoms. The normalized spacial score (nSPS) is 10.6. The van der Waals surface area contributed by atoms with Gasteiger partial charge in [0, 0.05) is 6.54 Å². The number of halogens is 2. The molecule has 0 fully saturated rings. The van der Waals surface area contributed by atoms with Crippen molar-refractivity contribution in [2.24, 2.45) is 0 Å². The Bertz CT molecular complexity index is 601. The first-order valence-electron chi connectivity index (χ1n) is 6.53. The molecule has 0 saturated heterocycles. The van der Waals surface area contributed by atoms with Crippen LogP contribution in [-0.2, 0) is 6.54 Å². The van der Waals surface area contributed by atoms with Gasteiger partial charge in [0.1, 0.15) is 5.75 Å². The molecule has 0 aromatic heterocycles. The lowest BCUT2D eigenvalue weighted by molar-refractivity contribution is 0.442. The lowest BCUT2D eigenvalue weighted by atomic mass is 10.2. The SMILES string of the molecule is CCNCc1ccc(Oc2cc(C)ccc2F)c(Cl)c1. The number of aryl methyl sites for hydroxylation is 1. The topological polar surface area (TPSA) is 21.3 Å². The molecular formula is C16H17ClFNO. The Labute approximate surface area is 123 Å². The highest BCUT2D eigenvalue weighted by atomic mass is 35.5. The Morgan fingerprint density at radius 3 is 2.65 bits per heavy atom. The third-order valence-corrected chi connectivity index (χ3v) is 3.18. The number of hydrogen-bond acceptors (Lipinski definition) is 2. The number of hydrogen-bond donors (Lipinski definition) is 1. The number of nitrogens with one attached hydrogen (secondary N) is 1. The summed E-state index contributed by atoms with van der Waals surface area (Å²) >= 11 is 6.18. The zero-order chi connectivity index (χ0) is 14.5. The number of ether oxygens (including phenoxy) is 1. The lowest BCUT2D eigenvalue weighted by Gasteiger charge is -2.10. The minimum Gasteiger partial charge on any atom is -0.453 e. The minimum absolute atomic E-state index is 0.186. The molecule has 2 aromatic carbocycles. The van der Waals surface area contributed by atoms with E-state index in [2.05, 4.69) is 5.32 Å². The van der Waals surface area contributed by atoms with Gasteiger partial charge in [0.25, 0.3) is 0 Å². The van der Waals surface area contributed by atoms with Crippen molar-refractivity contribution in [3.63, 3.8) is 0 Å². The second-order valence-electron chi connectivity index (χ2n) is 4.58. The van der Waals surface area contributed by atoms with E-state index in [4.69, 9.17) is 16.3 Å². The molecule has 2 rings (SSSR count). The van der Waals surface area contributed by atoms with Crippen molar-refractivity contribution < 1.29 is 9.13 Å². The molecule has 0 heterocycles. The van der Waals surface area contributed by atoms with Crippen molar-refractivity contribution in [2.75, 3.05) is 6.54 Å². The summed E-state index contributed by atoms with van der Waals surface area (Å²) in [7, 11) is 0. The van der Waals surface area contributed by atoms with E-state index in [0.29, 0.717) is 10.8 Å². The van der Waals surface area contributed by atoms with Crippen LogP contribution in [0.3, 0.4) is 0 Å². The molecule has 0 saturated carbocycles. The van der Waals surface area contributed by atoms with Gasteiger partial charge >= 0.3 is 0 Å². The van der Waals surface area contributed by atoms with E-state index >= 15 is 0 Å². The van der Waals surface area contributed by atoms with E-state index in [1.807, 2.05) is 26.0 Å². The van der Waals surface area contributed by atoms with Crippen LogP contribution < -0.4 is 10.1 Å². The molecule has 2 aromatic rings. The van der Waals surface area contributed by atoms with E-state index in [1.54, 1.807) is 18.2 Å².